The summed E-state index contributed by atoms with van der Waals surface area (Å²) in [5, 5.41) is 11.8. The van der Waals surface area contributed by atoms with E-state index in [9.17, 15) is 9.90 Å². The van der Waals surface area contributed by atoms with Crippen LogP contribution in [0.4, 0.5) is 0 Å². The standard InChI is InChI=1S/C15H14O2S/c1-10(16)15(11(2)17)18-14-8-7-12-5-3-4-6-13(12)9-14/h3-9,16H,1-2H3. The van der Waals surface area contributed by atoms with Crippen LogP contribution in [0, 0.1) is 0 Å². The highest BCUT2D eigenvalue weighted by atomic mass is 32.2. The Labute approximate surface area is 110 Å². The summed E-state index contributed by atoms with van der Waals surface area (Å²) in [7, 11) is 0. The van der Waals surface area contributed by atoms with Crippen LogP contribution in [-0.4, -0.2) is 10.9 Å². The predicted octanol–water partition coefficient (Wildman–Crippen LogP) is 4.31. The number of Topliss-reactive ketones (excluding diaryl/α,β-unsaturated/α-hetero) is 1. The number of ketones is 1. The summed E-state index contributed by atoms with van der Waals surface area (Å²) in [6.07, 6.45) is 0. The van der Waals surface area contributed by atoms with Gasteiger partial charge >= 0.3 is 0 Å². The first-order valence-electron chi connectivity index (χ1n) is 5.65. The molecule has 0 unspecified atom stereocenters. The first-order chi connectivity index (χ1) is 8.58. The Morgan fingerprint density at radius 3 is 2.33 bits per heavy atom. The monoisotopic (exact) mass is 258 g/mol. The van der Waals surface area contributed by atoms with Crippen LogP contribution in [0.1, 0.15) is 13.8 Å². The summed E-state index contributed by atoms with van der Waals surface area (Å²) in [5.74, 6) is -0.0474. The maximum absolute atomic E-state index is 11.4. The number of hydrogen-bond acceptors (Lipinski definition) is 3. The molecule has 0 spiro atoms. The Balaban J connectivity index is 2.38. The number of benzene rings is 2. The van der Waals surface area contributed by atoms with Gasteiger partial charge in [-0.05, 0) is 36.8 Å². The molecular weight excluding hydrogens is 244 g/mol. The maximum Gasteiger partial charge on any atom is 0.169 e. The van der Waals surface area contributed by atoms with Crippen LogP contribution in [0.3, 0.4) is 0 Å². The minimum atomic E-state index is -0.117. The number of hydrogen-bond donors (Lipinski definition) is 1. The Morgan fingerprint density at radius 2 is 1.72 bits per heavy atom. The lowest BCUT2D eigenvalue weighted by Gasteiger charge is -2.06. The molecule has 0 fully saturated rings. The second-order valence-electron chi connectivity index (χ2n) is 4.08. The summed E-state index contributed by atoms with van der Waals surface area (Å²) in [4.78, 5) is 12.8. The zero-order valence-electron chi connectivity index (χ0n) is 10.3. The van der Waals surface area contributed by atoms with Crippen molar-refractivity contribution in [2.75, 3.05) is 0 Å². The van der Waals surface area contributed by atoms with Crippen molar-refractivity contribution in [2.45, 2.75) is 18.7 Å². The van der Waals surface area contributed by atoms with Crippen LogP contribution in [0.15, 0.2) is 58.0 Å². The zero-order chi connectivity index (χ0) is 13.1. The number of allylic oxidation sites excluding steroid dienone is 2. The van der Waals surface area contributed by atoms with Gasteiger partial charge in [0, 0.05) is 4.90 Å². The topological polar surface area (TPSA) is 37.3 Å². The molecule has 2 aromatic carbocycles. The van der Waals surface area contributed by atoms with E-state index in [0.717, 1.165) is 15.7 Å². The first-order valence-corrected chi connectivity index (χ1v) is 6.47. The Morgan fingerprint density at radius 1 is 1.06 bits per heavy atom. The number of thioether (sulfide) groups is 1. The molecule has 1 N–H and O–H groups in total. The van der Waals surface area contributed by atoms with E-state index in [4.69, 9.17) is 0 Å². The molecule has 0 saturated heterocycles. The van der Waals surface area contributed by atoms with Gasteiger partial charge in [-0.3, -0.25) is 4.79 Å². The lowest BCUT2D eigenvalue weighted by molar-refractivity contribution is -0.113. The van der Waals surface area contributed by atoms with Crippen molar-refractivity contribution >= 4 is 28.3 Å². The smallest absolute Gasteiger partial charge is 0.169 e. The van der Waals surface area contributed by atoms with Gasteiger partial charge in [0.05, 0.1) is 4.91 Å². The molecule has 0 saturated carbocycles. The van der Waals surface area contributed by atoms with E-state index in [1.807, 2.05) is 42.5 Å². The molecule has 0 aliphatic carbocycles. The second kappa shape index (κ2) is 5.27. The van der Waals surface area contributed by atoms with Gasteiger partial charge in [0.15, 0.2) is 5.78 Å². The molecule has 0 aliphatic heterocycles. The average Bonchev–Trinajstić information content (AvgIpc) is 2.35. The molecule has 0 radical (unpaired) electrons. The van der Waals surface area contributed by atoms with Crippen LogP contribution in [0.25, 0.3) is 10.8 Å². The number of carbonyl (C=O) groups excluding carboxylic acids is 1. The van der Waals surface area contributed by atoms with E-state index in [0.29, 0.717) is 4.91 Å². The van der Waals surface area contributed by atoms with Gasteiger partial charge in [-0.15, -0.1) is 0 Å². The number of aliphatic hydroxyl groups excluding tert-OH is 1. The molecule has 18 heavy (non-hydrogen) atoms. The van der Waals surface area contributed by atoms with E-state index >= 15 is 0 Å². The largest absolute Gasteiger partial charge is 0.511 e. The highest BCUT2D eigenvalue weighted by Gasteiger charge is 2.10. The van der Waals surface area contributed by atoms with Gasteiger partial charge in [0.25, 0.3) is 0 Å². The van der Waals surface area contributed by atoms with E-state index in [1.54, 1.807) is 0 Å². The van der Waals surface area contributed by atoms with E-state index in [1.165, 1.54) is 25.6 Å². The molecule has 0 bridgehead atoms. The molecule has 0 aromatic heterocycles. The lowest BCUT2D eigenvalue weighted by atomic mass is 10.1. The summed E-state index contributed by atoms with van der Waals surface area (Å²) >= 11 is 1.30. The SMILES string of the molecule is CC(=O)C(Sc1ccc2ccccc2c1)=C(C)O. The predicted molar refractivity (Wildman–Crippen MR) is 75.8 cm³/mol. The molecule has 3 heteroatoms. The molecule has 0 heterocycles. The first kappa shape index (κ1) is 12.7. The van der Waals surface area contributed by atoms with E-state index in [2.05, 4.69) is 0 Å². The van der Waals surface area contributed by atoms with Crippen molar-refractivity contribution in [2.24, 2.45) is 0 Å². The van der Waals surface area contributed by atoms with Gasteiger partial charge in [-0.25, -0.2) is 0 Å². The fourth-order valence-electron chi connectivity index (χ4n) is 1.75. The minimum absolute atomic E-state index is 0.0701. The maximum atomic E-state index is 11.4. The third-order valence-electron chi connectivity index (χ3n) is 2.59. The summed E-state index contributed by atoms with van der Waals surface area (Å²) in [6, 6.07) is 14.0. The van der Waals surface area contributed by atoms with Crippen molar-refractivity contribution in [3.05, 3.63) is 53.1 Å². The normalized spacial score (nSPS) is 12.3. The Hall–Kier alpha value is -1.74. The Bertz CT molecular complexity index is 625. The van der Waals surface area contributed by atoms with Crippen molar-refractivity contribution in [1.82, 2.24) is 0 Å². The van der Waals surface area contributed by atoms with Gasteiger partial charge in [-0.2, -0.15) is 0 Å². The number of fused-ring (bicyclic) bond motifs is 1. The molecule has 2 aromatic rings. The third kappa shape index (κ3) is 2.74. The molecule has 92 valence electrons. The van der Waals surface area contributed by atoms with Crippen LogP contribution in [-0.2, 0) is 4.79 Å². The van der Waals surface area contributed by atoms with Crippen molar-refractivity contribution in [3.8, 4) is 0 Å². The zero-order valence-corrected chi connectivity index (χ0v) is 11.1. The summed E-state index contributed by atoms with van der Waals surface area (Å²) < 4.78 is 0. The fourth-order valence-corrected chi connectivity index (χ4v) is 2.60. The van der Waals surface area contributed by atoms with Crippen LogP contribution in [0.2, 0.25) is 0 Å². The summed E-state index contributed by atoms with van der Waals surface area (Å²) in [6.45, 7) is 2.99. The van der Waals surface area contributed by atoms with Crippen LogP contribution < -0.4 is 0 Å². The van der Waals surface area contributed by atoms with Crippen LogP contribution in [0.5, 0.6) is 0 Å². The molecular formula is C15H14O2S. The highest BCUT2D eigenvalue weighted by molar-refractivity contribution is 8.04. The average molecular weight is 258 g/mol. The van der Waals surface area contributed by atoms with Crippen molar-refractivity contribution in [1.29, 1.82) is 0 Å². The molecule has 0 amide bonds. The van der Waals surface area contributed by atoms with E-state index < -0.39 is 0 Å². The third-order valence-corrected chi connectivity index (χ3v) is 3.87. The van der Waals surface area contributed by atoms with Gasteiger partial charge in [-0.1, -0.05) is 42.1 Å². The second-order valence-corrected chi connectivity index (χ2v) is 5.17. The molecule has 2 rings (SSSR count). The van der Waals surface area contributed by atoms with Crippen molar-refractivity contribution in [3.63, 3.8) is 0 Å². The molecule has 0 aliphatic rings. The lowest BCUT2D eigenvalue weighted by Crippen LogP contribution is -1.95. The minimum Gasteiger partial charge on any atom is -0.511 e. The van der Waals surface area contributed by atoms with Gasteiger partial charge < -0.3 is 5.11 Å². The van der Waals surface area contributed by atoms with Gasteiger partial charge in [0.2, 0.25) is 0 Å². The molecule has 2 nitrogen and oxygen atoms in total. The quantitative estimate of drug-likeness (QED) is 0.506. The fraction of sp³-hybridized carbons (Fsp3) is 0.133. The van der Waals surface area contributed by atoms with Crippen LogP contribution >= 0.6 is 11.8 Å². The molecule has 0 atom stereocenters. The number of rotatable bonds is 3. The Kier molecular flexibility index (Phi) is 3.72. The van der Waals surface area contributed by atoms with E-state index in [-0.39, 0.29) is 11.5 Å². The van der Waals surface area contributed by atoms with Crippen molar-refractivity contribution < 1.29 is 9.90 Å². The number of carbonyl (C=O) groups is 1. The van der Waals surface area contributed by atoms with Gasteiger partial charge in [0.1, 0.15) is 5.76 Å². The summed E-state index contributed by atoms with van der Waals surface area (Å²) in [5.41, 5.74) is 0. The number of aliphatic hydroxyl groups is 1. The highest BCUT2D eigenvalue weighted by Crippen LogP contribution is 2.31.